The van der Waals surface area contributed by atoms with Gasteiger partial charge < -0.3 is 9.13 Å². The molecule has 354 valence electrons. The molecule has 4 heterocycles. The van der Waals surface area contributed by atoms with E-state index < -0.39 is 0 Å². The third-order valence-electron chi connectivity index (χ3n) is 15.8. The lowest BCUT2D eigenvalue weighted by Crippen LogP contribution is -1.94. The summed E-state index contributed by atoms with van der Waals surface area (Å²) in [5.41, 5.74) is 19.2. The first kappa shape index (κ1) is 43.1. The fourth-order valence-corrected chi connectivity index (χ4v) is 14.6. The lowest BCUT2D eigenvalue weighted by atomic mass is 9.98. The zero-order valence-electron chi connectivity index (χ0n) is 41.1. The second-order valence-electron chi connectivity index (χ2n) is 20.0. The first-order chi connectivity index (χ1) is 37.7. The van der Waals surface area contributed by atoms with E-state index in [1.807, 2.05) is 22.7 Å². The molecule has 0 aliphatic rings. The van der Waals surface area contributed by atoms with Crippen LogP contribution in [0.2, 0.25) is 0 Å². The molecule has 16 aromatic rings. The maximum atomic E-state index is 2.45. The molecule has 0 aliphatic heterocycles. The highest BCUT2D eigenvalue weighted by Crippen LogP contribution is 2.45. The third-order valence-corrected chi connectivity index (χ3v) is 18.2. The van der Waals surface area contributed by atoms with Crippen LogP contribution < -0.4 is 0 Å². The Morgan fingerprint density at radius 1 is 0.211 bits per heavy atom. The van der Waals surface area contributed by atoms with E-state index in [1.54, 1.807) is 0 Å². The van der Waals surface area contributed by atoms with Crippen LogP contribution in [-0.2, 0) is 0 Å². The summed E-state index contributed by atoms with van der Waals surface area (Å²) in [6.07, 6.45) is 0. The summed E-state index contributed by atoms with van der Waals surface area (Å²) < 4.78 is 10.2. The van der Waals surface area contributed by atoms with Crippen LogP contribution in [0, 0.1) is 0 Å². The van der Waals surface area contributed by atoms with Crippen molar-refractivity contribution < 1.29 is 0 Å². The molecule has 0 saturated carbocycles. The van der Waals surface area contributed by atoms with E-state index in [0.29, 0.717) is 0 Å². The first-order valence-corrected chi connectivity index (χ1v) is 27.6. The summed E-state index contributed by atoms with van der Waals surface area (Å²) in [6, 6.07) is 99.0. The van der Waals surface area contributed by atoms with Crippen molar-refractivity contribution in [2.24, 2.45) is 0 Å². The molecular formula is C72H44N2S2. The van der Waals surface area contributed by atoms with Gasteiger partial charge in [0.05, 0.1) is 22.1 Å². The molecule has 0 radical (unpaired) electrons. The van der Waals surface area contributed by atoms with Crippen LogP contribution in [0.15, 0.2) is 267 Å². The predicted octanol–water partition coefficient (Wildman–Crippen LogP) is 21.0. The molecule has 16 rings (SSSR count). The van der Waals surface area contributed by atoms with Crippen molar-refractivity contribution in [1.82, 2.24) is 9.13 Å². The lowest BCUT2D eigenvalue weighted by molar-refractivity contribution is 1.18. The number of nitrogens with zero attached hydrogens (tertiary/aromatic N) is 2. The highest BCUT2D eigenvalue weighted by molar-refractivity contribution is 7.26. The molecule has 0 amide bonds. The average molecular weight is 1000 g/mol. The van der Waals surface area contributed by atoms with E-state index in [-0.39, 0.29) is 0 Å². The molecule has 0 atom stereocenters. The number of benzene rings is 12. The van der Waals surface area contributed by atoms with E-state index in [0.717, 1.165) is 11.4 Å². The zero-order valence-corrected chi connectivity index (χ0v) is 42.7. The molecule has 0 N–H and O–H groups in total. The Kier molecular flexibility index (Phi) is 9.71. The largest absolute Gasteiger partial charge is 0.309 e. The quantitative estimate of drug-likeness (QED) is 0.151. The van der Waals surface area contributed by atoms with Crippen LogP contribution in [0.5, 0.6) is 0 Å². The number of hydrogen-bond acceptors (Lipinski definition) is 2. The molecule has 4 heteroatoms. The minimum Gasteiger partial charge on any atom is -0.309 e. The second-order valence-corrected chi connectivity index (χ2v) is 22.1. The van der Waals surface area contributed by atoms with Gasteiger partial charge in [0.1, 0.15) is 0 Å². The molecule has 0 spiro atoms. The summed E-state index contributed by atoms with van der Waals surface area (Å²) in [5.74, 6) is 0. The fourth-order valence-electron chi connectivity index (χ4n) is 12.1. The Bertz CT molecular complexity index is 4640. The van der Waals surface area contributed by atoms with Crippen molar-refractivity contribution in [1.29, 1.82) is 0 Å². The van der Waals surface area contributed by atoms with Gasteiger partial charge in [0.2, 0.25) is 0 Å². The van der Waals surface area contributed by atoms with Crippen LogP contribution in [0.4, 0.5) is 0 Å². The molecule has 0 saturated heterocycles. The Morgan fingerprint density at radius 2 is 0.526 bits per heavy atom. The number of rotatable bonds is 7. The second kappa shape index (κ2) is 17.1. The zero-order chi connectivity index (χ0) is 49.8. The van der Waals surface area contributed by atoms with Crippen molar-refractivity contribution >= 4 is 107 Å². The van der Waals surface area contributed by atoms with Crippen LogP contribution in [0.1, 0.15) is 0 Å². The van der Waals surface area contributed by atoms with E-state index in [9.17, 15) is 0 Å². The van der Waals surface area contributed by atoms with Gasteiger partial charge in [-0.2, -0.15) is 0 Å². The number of hydrogen-bond donors (Lipinski definition) is 0. The highest BCUT2D eigenvalue weighted by atomic mass is 32.1. The van der Waals surface area contributed by atoms with E-state index in [4.69, 9.17) is 0 Å². The Balaban J connectivity index is 0.892. The van der Waals surface area contributed by atoms with Crippen molar-refractivity contribution in [3.63, 3.8) is 0 Å². The van der Waals surface area contributed by atoms with Gasteiger partial charge in [0.15, 0.2) is 0 Å². The fraction of sp³-hybridized carbons (Fsp3) is 0. The van der Waals surface area contributed by atoms with Crippen LogP contribution in [-0.4, -0.2) is 9.13 Å². The maximum Gasteiger partial charge on any atom is 0.0541 e. The van der Waals surface area contributed by atoms with Crippen LogP contribution in [0.3, 0.4) is 0 Å². The number of thiophene rings is 2. The van der Waals surface area contributed by atoms with Gasteiger partial charge in [-0.05, 0) is 141 Å². The summed E-state index contributed by atoms with van der Waals surface area (Å²) >= 11 is 3.78. The van der Waals surface area contributed by atoms with Gasteiger partial charge in [0.25, 0.3) is 0 Å². The monoisotopic (exact) mass is 1000 g/mol. The summed E-state index contributed by atoms with van der Waals surface area (Å²) in [5, 5.41) is 10.2. The van der Waals surface area contributed by atoms with Gasteiger partial charge >= 0.3 is 0 Å². The smallest absolute Gasteiger partial charge is 0.0541 e. The van der Waals surface area contributed by atoms with Gasteiger partial charge in [-0.15, -0.1) is 22.7 Å². The van der Waals surface area contributed by atoms with E-state index in [2.05, 4.69) is 276 Å². The molecule has 76 heavy (non-hydrogen) atoms. The SMILES string of the molecule is c1ccc(-c2ccc(-n3c4ccc(-c5ccc6c(c5)c5cc(-c7cccc8c7sc7ccccc78)ccc5n6-c5ccc(-c6ccccc6)cc5)cc4c4cc(-c5cccc6c5sc5ccccc56)ccc43)cc2)cc1. The molecule has 0 fully saturated rings. The molecular weight excluding hydrogens is 957 g/mol. The molecule has 4 aromatic heterocycles. The van der Waals surface area contributed by atoms with Crippen molar-refractivity contribution in [2.75, 3.05) is 0 Å². The summed E-state index contributed by atoms with van der Waals surface area (Å²) in [7, 11) is 0. The topological polar surface area (TPSA) is 9.86 Å². The van der Waals surface area contributed by atoms with Gasteiger partial charge in [0, 0.05) is 73.3 Å². The third kappa shape index (κ3) is 6.78. The van der Waals surface area contributed by atoms with Crippen LogP contribution in [0.25, 0.3) is 151 Å². The highest BCUT2D eigenvalue weighted by Gasteiger charge is 2.20. The minimum absolute atomic E-state index is 1.14. The van der Waals surface area contributed by atoms with Crippen molar-refractivity contribution in [3.05, 3.63) is 267 Å². The number of aromatic nitrogens is 2. The molecule has 12 aromatic carbocycles. The molecule has 2 nitrogen and oxygen atoms in total. The number of fused-ring (bicyclic) bond motifs is 12. The van der Waals surface area contributed by atoms with E-state index >= 15 is 0 Å². The Hall–Kier alpha value is -9.32. The van der Waals surface area contributed by atoms with E-state index in [1.165, 1.54) is 140 Å². The first-order valence-electron chi connectivity index (χ1n) is 26.0. The molecule has 0 unspecified atom stereocenters. The minimum atomic E-state index is 1.14. The standard InChI is InChI=1S/C72H44N2S2/c1-3-13-45(14-4-1)47-25-33-53(34-26-47)73-65-37-29-49(41-61(65)63-43-51(31-39-67(63)73)55-19-11-21-59-57-17-7-9-23-69(57)75-71(55)59)50-30-38-66-62(42-50)64-44-52(56-20-12-22-60-58-18-8-10-24-70(58)76-72(56)60)32-40-68(64)74(66)54-35-27-48(28-36-54)46-15-5-2-6-16-46/h1-44H. The summed E-state index contributed by atoms with van der Waals surface area (Å²) in [6.45, 7) is 0. The van der Waals surface area contributed by atoms with Gasteiger partial charge in [-0.1, -0.05) is 182 Å². The summed E-state index contributed by atoms with van der Waals surface area (Å²) in [4.78, 5) is 0. The van der Waals surface area contributed by atoms with Crippen molar-refractivity contribution in [2.45, 2.75) is 0 Å². The predicted molar refractivity (Wildman–Crippen MR) is 328 cm³/mol. The maximum absolute atomic E-state index is 2.45. The lowest BCUT2D eigenvalue weighted by Gasteiger charge is -2.11. The Morgan fingerprint density at radius 3 is 0.934 bits per heavy atom. The van der Waals surface area contributed by atoms with Crippen LogP contribution >= 0.6 is 22.7 Å². The van der Waals surface area contributed by atoms with Gasteiger partial charge in [-0.25, -0.2) is 0 Å². The normalized spacial score (nSPS) is 11.9. The molecule has 0 bridgehead atoms. The average Bonchev–Trinajstić information content (AvgIpc) is 4.32. The Labute approximate surface area is 446 Å². The van der Waals surface area contributed by atoms with Gasteiger partial charge in [-0.3, -0.25) is 0 Å². The molecule has 0 aliphatic carbocycles. The van der Waals surface area contributed by atoms with Crippen molar-refractivity contribution in [3.8, 4) is 67.0 Å².